The van der Waals surface area contributed by atoms with Gasteiger partial charge in [-0.2, -0.15) is 0 Å². The molecular formula is C14H18N2OS2. The highest BCUT2D eigenvalue weighted by Crippen LogP contribution is 2.34. The molecule has 0 radical (unpaired) electrons. The van der Waals surface area contributed by atoms with Gasteiger partial charge in [0.15, 0.2) is 4.77 Å². The van der Waals surface area contributed by atoms with Gasteiger partial charge in [0.2, 0.25) is 0 Å². The average Bonchev–Trinajstić information content (AvgIpc) is 2.93. The number of H-pyrrole nitrogens is 1. The molecule has 1 aliphatic carbocycles. The lowest BCUT2D eigenvalue weighted by molar-refractivity contribution is 0.578. The SMILES string of the molecule is CCCCCn1c(=S)[nH]c2sc3c(c2c1=O)CCC3. The molecule has 3 nitrogen and oxygen atoms in total. The molecule has 0 amide bonds. The molecule has 2 heterocycles. The van der Waals surface area contributed by atoms with Crippen LogP contribution in [-0.4, -0.2) is 9.55 Å². The van der Waals surface area contributed by atoms with Crippen molar-refractivity contribution in [3.05, 3.63) is 25.6 Å². The molecule has 1 N–H and O–H groups in total. The monoisotopic (exact) mass is 294 g/mol. The highest BCUT2D eigenvalue weighted by molar-refractivity contribution is 7.71. The van der Waals surface area contributed by atoms with Crippen molar-refractivity contribution in [1.29, 1.82) is 0 Å². The van der Waals surface area contributed by atoms with Crippen LogP contribution in [-0.2, 0) is 19.4 Å². The molecule has 5 heteroatoms. The molecule has 102 valence electrons. The van der Waals surface area contributed by atoms with Crippen molar-refractivity contribution >= 4 is 33.8 Å². The summed E-state index contributed by atoms with van der Waals surface area (Å²) in [6.45, 7) is 2.90. The number of nitrogens with one attached hydrogen (secondary N) is 1. The molecule has 0 unspecified atom stereocenters. The number of nitrogens with zero attached hydrogens (tertiary/aromatic N) is 1. The van der Waals surface area contributed by atoms with E-state index in [9.17, 15) is 4.79 Å². The molecule has 0 saturated heterocycles. The van der Waals surface area contributed by atoms with E-state index in [0.717, 1.165) is 48.9 Å². The van der Waals surface area contributed by atoms with Gasteiger partial charge in [-0.25, -0.2) is 0 Å². The minimum atomic E-state index is 0.120. The Bertz CT molecular complexity index is 723. The predicted molar refractivity (Wildman–Crippen MR) is 82.8 cm³/mol. The smallest absolute Gasteiger partial charge is 0.263 e. The van der Waals surface area contributed by atoms with Crippen molar-refractivity contribution in [3.63, 3.8) is 0 Å². The highest BCUT2D eigenvalue weighted by Gasteiger charge is 2.21. The van der Waals surface area contributed by atoms with E-state index < -0.39 is 0 Å². The Morgan fingerprint density at radius 1 is 1.37 bits per heavy atom. The largest absolute Gasteiger partial charge is 0.323 e. The Morgan fingerprint density at radius 2 is 2.21 bits per heavy atom. The van der Waals surface area contributed by atoms with Crippen molar-refractivity contribution < 1.29 is 0 Å². The molecule has 0 bridgehead atoms. The first-order chi connectivity index (χ1) is 9.22. The fraction of sp³-hybridized carbons (Fsp3) is 0.571. The highest BCUT2D eigenvalue weighted by atomic mass is 32.1. The third kappa shape index (κ3) is 2.19. The number of hydrogen-bond acceptors (Lipinski definition) is 3. The Balaban J connectivity index is 2.13. The van der Waals surface area contributed by atoms with Gasteiger partial charge in [0, 0.05) is 11.4 Å². The first kappa shape index (κ1) is 13.1. The number of fused-ring (bicyclic) bond motifs is 3. The van der Waals surface area contributed by atoms with E-state index in [1.54, 1.807) is 15.9 Å². The third-order valence-electron chi connectivity index (χ3n) is 3.83. The lowest BCUT2D eigenvalue weighted by atomic mass is 10.2. The number of thiophene rings is 1. The summed E-state index contributed by atoms with van der Waals surface area (Å²) < 4.78 is 2.33. The van der Waals surface area contributed by atoms with Gasteiger partial charge in [0.25, 0.3) is 5.56 Å². The van der Waals surface area contributed by atoms with Crippen LogP contribution >= 0.6 is 23.6 Å². The molecule has 0 spiro atoms. The van der Waals surface area contributed by atoms with Crippen LogP contribution < -0.4 is 5.56 Å². The van der Waals surface area contributed by atoms with E-state index in [4.69, 9.17) is 12.2 Å². The number of aromatic nitrogens is 2. The van der Waals surface area contributed by atoms with Crippen molar-refractivity contribution in [1.82, 2.24) is 9.55 Å². The number of unbranched alkanes of at least 4 members (excludes halogenated alkanes) is 2. The molecule has 0 fully saturated rings. The molecule has 3 rings (SSSR count). The van der Waals surface area contributed by atoms with Crippen LogP contribution in [0.4, 0.5) is 0 Å². The second-order valence-electron chi connectivity index (χ2n) is 5.16. The summed E-state index contributed by atoms with van der Waals surface area (Å²) in [6, 6.07) is 0. The van der Waals surface area contributed by atoms with Crippen molar-refractivity contribution in [2.45, 2.75) is 52.0 Å². The van der Waals surface area contributed by atoms with Crippen LogP contribution in [0.2, 0.25) is 0 Å². The molecule has 0 atom stereocenters. The van der Waals surface area contributed by atoms with Gasteiger partial charge in [-0.3, -0.25) is 9.36 Å². The maximum Gasteiger partial charge on any atom is 0.263 e. The molecule has 1 aliphatic rings. The lowest BCUT2D eigenvalue weighted by Crippen LogP contribution is -2.22. The second-order valence-corrected chi connectivity index (χ2v) is 6.65. The van der Waals surface area contributed by atoms with E-state index in [1.807, 2.05) is 0 Å². The fourth-order valence-electron chi connectivity index (χ4n) is 2.83. The summed E-state index contributed by atoms with van der Waals surface area (Å²) in [5.41, 5.74) is 1.40. The average molecular weight is 294 g/mol. The summed E-state index contributed by atoms with van der Waals surface area (Å²) >= 11 is 7.05. The minimum Gasteiger partial charge on any atom is -0.323 e. The summed E-state index contributed by atoms with van der Waals surface area (Å²) in [5, 5.41) is 0.905. The molecule has 19 heavy (non-hydrogen) atoms. The van der Waals surface area contributed by atoms with E-state index in [1.165, 1.54) is 16.9 Å². The van der Waals surface area contributed by atoms with Crippen molar-refractivity contribution in [2.24, 2.45) is 0 Å². The molecule has 2 aromatic rings. The first-order valence-corrected chi connectivity index (χ1v) is 8.22. The van der Waals surface area contributed by atoms with E-state index in [0.29, 0.717) is 4.77 Å². The maximum absolute atomic E-state index is 12.6. The van der Waals surface area contributed by atoms with Crippen LogP contribution in [0.3, 0.4) is 0 Å². The summed E-state index contributed by atoms with van der Waals surface area (Å²) in [6.07, 6.45) is 6.66. The van der Waals surface area contributed by atoms with Crippen molar-refractivity contribution in [3.8, 4) is 0 Å². The van der Waals surface area contributed by atoms with Crippen LogP contribution in [0.5, 0.6) is 0 Å². The Morgan fingerprint density at radius 3 is 3.00 bits per heavy atom. The van der Waals surface area contributed by atoms with Crippen molar-refractivity contribution in [2.75, 3.05) is 0 Å². The number of hydrogen-bond donors (Lipinski definition) is 1. The van der Waals surface area contributed by atoms with E-state index in [-0.39, 0.29) is 5.56 Å². The maximum atomic E-state index is 12.6. The summed E-state index contributed by atoms with van der Waals surface area (Å²) in [7, 11) is 0. The standard InChI is InChI=1S/C14H18N2OS2/c1-2-3-4-8-16-13(17)11-9-6-5-7-10(9)19-12(11)15-14(16)18/h2-8H2,1H3,(H,15,18). The van der Waals surface area contributed by atoms with Crippen LogP contribution in [0.1, 0.15) is 43.0 Å². The summed E-state index contributed by atoms with van der Waals surface area (Å²) in [4.78, 5) is 18.3. The number of rotatable bonds is 4. The molecular weight excluding hydrogens is 276 g/mol. The Hall–Kier alpha value is -0.940. The van der Waals surface area contributed by atoms with E-state index in [2.05, 4.69) is 11.9 Å². The van der Waals surface area contributed by atoms with Gasteiger partial charge in [-0.05, 0) is 43.5 Å². The van der Waals surface area contributed by atoms with Crippen LogP contribution in [0, 0.1) is 4.77 Å². The lowest BCUT2D eigenvalue weighted by Gasteiger charge is -2.06. The van der Waals surface area contributed by atoms with Gasteiger partial charge >= 0.3 is 0 Å². The molecule has 0 aliphatic heterocycles. The first-order valence-electron chi connectivity index (χ1n) is 6.99. The van der Waals surface area contributed by atoms with Gasteiger partial charge in [-0.1, -0.05) is 19.8 Å². The zero-order valence-corrected chi connectivity index (χ0v) is 12.8. The fourth-order valence-corrected chi connectivity index (χ4v) is 4.45. The Kier molecular flexibility index (Phi) is 3.58. The topological polar surface area (TPSA) is 37.8 Å². The minimum absolute atomic E-state index is 0.120. The van der Waals surface area contributed by atoms with Crippen LogP contribution in [0.15, 0.2) is 4.79 Å². The summed E-state index contributed by atoms with van der Waals surface area (Å²) in [5.74, 6) is 0. The third-order valence-corrected chi connectivity index (χ3v) is 5.36. The van der Waals surface area contributed by atoms with Crippen LogP contribution in [0.25, 0.3) is 10.2 Å². The van der Waals surface area contributed by atoms with Gasteiger partial charge in [0.1, 0.15) is 4.83 Å². The second kappa shape index (κ2) is 5.21. The quantitative estimate of drug-likeness (QED) is 0.688. The molecule has 2 aromatic heterocycles. The Labute approximate surface area is 121 Å². The number of aromatic amines is 1. The molecule has 0 aromatic carbocycles. The predicted octanol–water partition coefficient (Wildman–Crippen LogP) is 3.80. The molecule has 0 saturated carbocycles. The zero-order chi connectivity index (χ0) is 13.4. The van der Waals surface area contributed by atoms with Gasteiger partial charge in [0.05, 0.1) is 5.39 Å². The van der Waals surface area contributed by atoms with E-state index >= 15 is 0 Å². The normalized spacial score (nSPS) is 14.2. The van der Waals surface area contributed by atoms with Gasteiger partial charge < -0.3 is 4.98 Å². The van der Waals surface area contributed by atoms with Gasteiger partial charge in [-0.15, -0.1) is 11.3 Å². The number of aryl methyl sites for hydroxylation is 2. The zero-order valence-electron chi connectivity index (χ0n) is 11.1.